The minimum absolute atomic E-state index is 0.0747. The third-order valence-corrected chi connectivity index (χ3v) is 3.83. The van der Waals surface area contributed by atoms with Gasteiger partial charge in [0.15, 0.2) is 23.2 Å². The zero-order valence-corrected chi connectivity index (χ0v) is 12.8. The Balaban J connectivity index is 1.83. The maximum atomic E-state index is 14.4. The second-order valence-electron chi connectivity index (χ2n) is 5.48. The van der Waals surface area contributed by atoms with Crippen LogP contribution >= 0.6 is 0 Å². The van der Waals surface area contributed by atoms with Gasteiger partial charge >= 0.3 is 0 Å². The molecule has 3 rings (SSSR count). The Morgan fingerprint density at radius 2 is 2.13 bits per heavy atom. The molecule has 0 bridgehead atoms. The van der Waals surface area contributed by atoms with Gasteiger partial charge in [-0.1, -0.05) is 0 Å². The van der Waals surface area contributed by atoms with Gasteiger partial charge in [-0.15, -0.1) is 0 Å². The van der Waals surface area contributed by atoms with Crippen molar-refractivity contribution in [3.63, 3.8) is 0 Å². The molecule has 0 saturated carbocycles. The maximum Gasteiger partial charge on any atom is 0.185 e. The van der Waals surface area contributed by atoms with Crippen LogP contribution < -0.4 is 21.3 Å². The predicted octanol–water partition coefficient (Wildman–Crippen LogP) is 1.26. The highest BCUT2D eigenvalue weighted by molar-refractivity contribution is 5.89. The first-order valence-corrected chi connectivity index (χ1v) is 7.67. The van der Waals surface area contributed by atoms with Crippen molar-refractivity contribution < 1.29 is 4.39 Å². The Kier molecular flexibility index (Phi) is 4.40. The predicted molar refractivity (Wildman–Crippen MR) is 89.3 cm³/mol. The van der Waals surface area contributed by atoms with Gasteiger partial charge in [0.2, 0.25) is 0 Å². The van der Waals surface area contributed by atoms with Crippen LogP contribution in [0.5, 0.6) is 0 Å². The van der Waals surface area contributed by atoms with E-state index in [4.69, 9.17) is 11.1 Å². The monoisotopic (exact) mass is 317 g/mol. The van der Waals surface area contributed by atoms with Crippen molar-refractivity contribution in [3.05, 3.63) is 24.1 Å². The first kappa shape index (κ1) is 15.3. The van der Waals surface area contributed by atoms with Crippen molar-refractivity contribution in [1.29, 1.82) is 5.41 Å². The number of pyridine rings is 2. The number of fused-ring (bicyclic) bond motifs is 1. The molecule has 8 heteroatoms. The molecule has 7 nitrogen and oxygen atoms in total. The van der Waals surface area contributed by atoms with Gasteiger partial charge < -0.3 is 21.3 Å². The molecule has 0 aromatic carbocycles. The van der Waals surface area contributed by atoms with Gasteiger partial charge in [0.25, 0.3) is 0 Å². The minimum atomic E-state index is -0.322. The molecule has 1 saturated heterocycles. The number of hydrogen-bond acceptors (Lipinski definition) is 5. The SMILES string of the molecule is N=C(N)NCCNc1ccnc2nc(N3CCCC3)c(F)cc12. The molecule has 2 aromatic rings. The van der Waals surface area contributed by atoms with E-state index in [1.165, 1.54) is 6.07 Å². The van der Waals surface area contributed by atoms with Crippen LogP contribution in [0.4, 0.5) is 15.9 Å². The topological polar surface area (TPSA) is 103 Å². The first-order valence-electron chi connectivity index (χ1n) is 7.67. The molecule has 0 aliphatic carbocycles. The molecule has 122 valence electrons. The van der Waals surface area contributed by atoms with Crippen LogP contribution in [-0.2, 0) is 0 Å². The van der Waals surface area contributed by atoms with Crippen molar-refractivity contribution >= 4 is 28.5 Å². The molecule has 1 aliphatic rings. The van der Waals surface area contributed by atoms with E-state index in [9.17, 15) is 4.39 Å². The number of guanidine groups is 1. The summed E-state index contributed by atoms with van der Waals surface area (Å²) in [6.45, 7) is 2.73. The van der Waals surface area contributed by atoms with Gasteiger partial charge in [-0.05, 0) is 25.0 Å². The zero-order chi connectivity index (χ0) is 16.2. The van der Waals surface area contributed by atoms with Crippen LogP contribution in [0.15, 0.2) is 18.3 Å². The van der Waals surface area contributed by atoms with Gasteiger partial charge in [0.1, 0.15) is 0 Å². The van der Waals surface area contributed by atoms with Crippen molar-refractivity contribution in [1.82, 2.24) is 15.3 Å². The fourth-order valence-electron chi connectivity index (χ4n) is 2.74. The van der Waals surface area contributed by atoms with Gasteiger partial charge in [-0.25, -0.2) is 14.4 Å². The minimum Gasteiger partial charge on any atom is -0.383 e. The molecule has 2 aromatic heterocycles. The van der Waals surface area contributed by atoms with Crippen molar-refractivity contribution in [2.75, 3.05) is 36.4 Å². The number of nitrogens with two attached hydrogens (primary N) is 1. The second kappa shape index (κ2) is 6.64. The van der Waals surface area contributed by atoms with Crippen LogP contribution in [-0.4, -0.2) is 42.1 Å². The molecular formula is C15H20FN7. The van der Waals surface area contributed by atoms with Gasteiger partial charge in [0.05, 0.1) is 0 Å². The fourth-order valence-corrected chi connectivity index (χ4v) is 2.74. The maximum absolute atomic E-state index is 14.4. The molecule has 0 atom stereocenters. The summed E-state index contributed by atoms with van der Waals surface area (Å²) in [5.74, 6) is -0.00967. The Morgan fingerprint density at radius 1 is 1.35 bits per heavy atom. The fraction of sp³-hybridized carbons (Fsp3) is 0.400. The Hall–Kier alpha value is -2.64. The van der Waals surface area contributed by atoms with Crippen molar-refractivity contribution in [3.8, 4) is 0 Å². The lowest BCUT2D eigenvalue weighted by molar-refractivity contribution is 0.618. The second-order valence-corrected chi connectivity index (χ2v) is 5.48. The van der Waals surface area contributed by atoms with Crippen LogP contribution in [0.2, 0.25) is 0 Å². The Labute approximate surface area is 133 Å². The molecular weight excluding hydrogens is 297 g/mol. The summed E-state index contributed by atoms with van der Waals surface area (Å²) in [6, 6.07) is 3.27. The van der Waals surface area contributed by atoms with Crippen LogP contribution in [0, 0.1) is 11.2 Å². The van der Waals surface area contributed by atoms with E-state index >= 15 is 0 Å². The standard InChI is InChI=1S/C15H20FN7/c16-11-9-10-12(19-5-6-21-15(17)18)3-4-20-13(10)22-14(11)23-7-1-2-8-23/h3-4,9H,1-2,5-8H2,(H4,17,18,21)(H,19,20,22). The Morgan fingerprint density at radius 3 is 2.87 bits per heavy atom. The summed E-state index contributed by atoms with van der Waals surface area (Å²) in [6.07, 6.45) is 3.79. The smallest absolute Gasteiger partial charge is 0.185 e. The highest BCUT2D eigenvalue weighted by atomic mass is 19.1. The first-order chi connectivity index (χ1) is 11.1. The average Bonchev–Trinajstić information content (AvgIpc) is 3.05. The highest BCUT2D eigenvalue weighted by Crippen LogP contribution is 2.27. The van der Waals surface area contributed by atoms with Gasteiger partial charge in [0, 0.05) is 43.4 Å². The molecule has 0 spiro atoms. The normalized spacial score (nSPS) is 14.2. The molecule has 1 aliphatic heterocycles. The third kappa shape index (κ3) is 3.41. The number of hydrogen-bond donors (Lipinski definition) is 4. The number of aromatic nitrogens is 2. The molecule has 0 amide bonds. The van der Waals surface area contributed by atoms with Crippen LogP contribution in [0.3, 0.4) is 0 Å². The number of rotatable bonds is 5. The lowest BCUT2D eigenvalue weighted by atomic mass is 10.2. The van der Waals surface area contributed by atoms with E-state index in [0.29, 0.717) is 29.9 Å². The summed E-state index contributed by atoms with van der Waals surface area (Å²) in [4.78, 5) is 10.6. The summed E-state index contributed by atoms with van der Waals surface area (Å²) in [7, 11) is 0. The van der Waals surface area contributed by atoms with E-state index in [1.807, 2.05) is 4.90 Å². The zero-order valence-electron chi connectivity index (χ0n) is 12.8. The summed E-state index contributed by atoms with van der Waals surface area (Å²) < 4.78 is 14.4. The lowest BCUT2D eigenvalue weighted by Gasteiger charge is -2.18. The van der Waals surface area contributed by atoms with Crippen LogP contribution in [0.25, 0.3) is 11.0 Å². The van der Waals surface area contributed by atoms with Crippen molar-refractivity contribution in [2.24, 2.45) is 5.73 Å². The summed E-state index contributed by atoms with van der Waals surface area (Å²) in [5, 5.41) is 13.6. The average molecular weight is 317 g/mol. The number of nitrogens with one attached hydrogen (secondary N) is 3. The van der Waals surface area contributed by atoms with E-state index in [1.54, 1.807) is 12.3 Å². The van der Waals surface area contributed by atoms with E-state index < -0.39 is 0 Å². The highest BCUT2D eigenvalue weighted by Gasteiger charge is 2.19. The summed E-state index contributed by atoms with van der Waals surface area (Å²) in [5.41, 5.74) is 6.52. The van der Waals surface area contributed by atoms with Crippen molar-refractivity contribution in [2.45, 2.75) is 12.8 Å². The largest absolute Gasteiger partial charge is 0.383 e. The Bertz CT molecular complexity index is 712. The van der Waals surface area contributed by atoms with Gasteiger partial charge in [-0.3, -0.25) is 5.41 Å². The molecule has 23 heavy (non-hydrogen) atoms. The van der Waals surface area contributed by atoms with E-state index in [-0.39, 0.29) is 11.8 Å². The van der Waals surface area contributed by atoms with Crippen LogP contribution in [0.1, 0.15) is 12.8 Å². The molecule has 0 unspecified atom stereocenters. The quantitative estimate of drug-likeness (QED) is 0.376. The summed E-state index contributed by atoms with van der Waals surface area (Å²) >= 11 is 0. The van der Waals surface area contributed by atoms with E-state index in [0.717, 1.165) is 31.6 Å². The number of halogens is 1. The number of nitrogens with zero attached hydrogens (tertiary/aromatic N) is 3. The lowest BCUT2D eigenvalue weighted by Crippen LogP contribution is -2.33. The van der Waals surface area contributed by atoms with E-state index in [2.05, 4.69) is 20.6 Å². The number of anilines is 2. The third-order valence-electron chi connectivity index (χ3n) is 3.83. The molecule has 5 N–H and O–H groups in total. The molecule has 0 radical (unpaired) electrons. The molecule has 3 heterocycles. The molecule has 1 fully saturated rings. The van der Waals surface area contributed by atoms with Gasteiger partial charge in [-0.2, -0.15) is 0 Å².